The predicted molar refractivity (Wildman–Crippen MR) is 125 cm³/mol. The highest BCUT2D eigenvalue weighted by atomic mass is 32.2. The van der Waals surface area contributed by atoms with Crippen molar-refractivity contribution in [2.45, 2.75) is 29.8 Å². The standard InChI is InChI=1S/C23H28N4O5S/c1-26(33(29,30)21-8-4-6-19-22(21)25-32-24-19)16-23(28)10-13-27(14-11-23)12-9-17-15-31-20-7-3-2-5-18(17)20/h2-8,15,24-25,28H,9-14,16H2,1H3. The van der Waals surface area contributed by atoms with Gasteiger partial charge in [0.2, 0.25) is 10.0 Å². The van der Waals surface area contributed by atoms with Gasteiger partial charge in [-0.1, -0.05) is 24.3 Å². The number of benzene rings is 2. The summed E-state index contributed by atoms with van der Waals surface area (Å²) in [4.78, 5) is 7.36. The molecule has 0 atom stereocenters. The Morgan fingerprint density at radius 2 is 1.91 bits per heavy atom. The van der Waals surface area contributed by atoms with E-state index in [-0.39, 0.29) is 11.4 Å². The molecule has 0 bridgehead atoms. The van der Waals surface area contributed by atoms with E-state index < -0.39 is 15.6 Å². The van der Waals surface area contributed by atoms with Crippen LogP contribution in [-0.4, -0.2) is 61.6 Å². The molecule has 1 fully saturated rings. The smallest absolute Gasteiger partial charge is 0.245 e. The van der Waals surface area contributed by atoms with E-state index in [4.69, 9.17) is 9.36 Å². The van der Waals surface area contributed by atoms with Crippen LogP contribution in [0.4, 0.5) is 11.4 Å². The molecule has 0 unspecified atom stereocenters. The van der Waals surface area contributed by atoms with Gasteiger partial charge in [0, 0.05) is 38.6 Å². The Morgan fingerprint density at radius 1 is 1.12 bits per heavy atom. The van der Waals surface area contributed by atoms with Crippen molar-refractivity contribution >= 4 is 32.4 Å². The Kier molecular flexibility index (Phi) is 5.79. The van der Waals surface area contributed by atoms with E-state index in [2.05, 4.69) is 21.9 Å². The molecule has 0 radical (unpaired) electrons. The second-order valence-corrected chi connectivity index (χ2v) is 10.8. The lowest BCUT2D eigenvalue weighted by Gasteiger charge is -2.40. The van der Waals surface area contributed by atoms with E-state index in [0.29, 0.717) is 37.3 Å². The number of hydrogen-bond donors (Lipinski definition) is 3. The summed E-state index contributed by atoms with van der Waals surface area (Å²) in [5, 5.41) is 12.3. The van der Waals surface area contributed by atoms with Crippen molar-refractivity contribution in [3.8, 4) is 0 Å². The molecular formula is C23H28N4O5S. The van der Waals surface area contributed by atoms with Gasteiger partial charge in [-0.3, -0.25) is 0 Å². The second kappa shape index (κ2) is 8.62. The number of fused-ring (bicyclic) bond motifs is 2. The lowest BCUT2D eigenvalue weighted by atomic mass is 9.91. The van der Waals surface area contributed by atoms with Crippen LogP contribution in [0.3, 0.4) is 0 Å². The number of rotatable bonds is 7. The maximum atomic E-state index is 13.2. The quantitative estimate of drug-likeness (QED) is 0.482. The summed E-state index contributed by atoms with van der Waals surface area (Å²) in [6.07, 6.45) is 3.70. The number of likely N-dealkylation sites (N-methyl/N-ethyl adjacent to an activating group) is 1. The van der Waals surface area contributed by atoms with Crippen molar-refractivity contribution in [2.75, 3.05) is 44.2 Å². The van der Waals surface area contributed by atoms with Crippen LogP contribution in [0.15, 0.2) is 58.0 Å². The van der Waals surface area contributed by atoms with Crippen molar-refractivity contribution in [3.63, 3.8) is 0 Å². The molecule has 0 aliphatic carbocycles. The summed E-state index contributed by atoms with van der Waals surface area (Å²) in [5.41, 5.74) is 7.15. The van der Waals surface area contributed by atoms with Gasteiger partial charge in [-0.2, -0.15) is 9.24 Å². The number of aliphatic hydroxyl groups is 1. The average molecular weight is 473 g/mol. The topological polar surface area (TPSA) is 107 Å². The molecule has 3 heterocycles. The van der Waals surface area contributed by atoms with Crippen LogP contribution in [0.1, 0.15) is 18.4 Å². The molecule has 2 aliphatic rings. The number of likely N-dealkylation sites (tertiary alicyclic amines) is 1. The second-order valence-electron chi connectivity index (χ2n) is 8.82. The first-order valence-electron chi connectivity index (χ1n) is 11.0. The van der Waals surface area contributed by atoms with Crippen LogP contribution in [0.25, 0.3) is 11.0 Å². The van der Waals surface area contributed by atoms with Crippen molar-refractivity contribution < 1.29 is 22.9 Å². The Morgan fingerprint density at radius 3 is 2.73 bits per heavy atom. The average Bonchev–Trinajstić information content (AvgIpc) is 3.45. The molecule has 33 heavy (non-hydrogen) atoms. The van der Waals surface area contributed by atoms with Gasteiger partial charge < -0.3 is 14.4 Å². The highest BCUT2D eigenvalue weighted by Crippen LogP contribution is 2.35. The summed E-state index contributed by atoms with van der Waals surface area (Å²) in [7, 11) is -2.30. The molecule has 9 nitrogen and oxygen atoms in total. The maximum absolute atomic E-state index is 13.2. The largest absolute Gasteiger partial charge is 0.464 e. The number of sulfonamides is 1. The molecular weight excluding hydrogens is 444 g/mol. The molecule has 1 aromatic heterocycles. The van der Waals surface area contributed by atoms with E-state index in [9.17, 15) is 13.5 Å². The third kappa shape index (κ3) is 4.32. The summed E-state index contributed by atoms with van der Waals surface area (Å²) in [6, 6.07) is 12.9. The predicted octanol–water partition coefficient (Wildman–Crippen LogP) is 2.81. The molecule has 0 spiro atoms. The maximum Gasteiger partial charge on any atom is 0.245 e. The minimum Gasteiger partial charge on any atom is -0.464 e. The van der Waals surface area contributed by atoms with Crippen LogP contribution in [-0.2, 0) is 21.4 Å². The van der Waals surface area contributed by atoms with Crippen LogP contribution < -0.4 is 11.0 Å². The fraction of sp³-hybridized carbons (Fsp3) is 0.391. The summed E-state index contributed by atoms with van der Waals surface area (Å²) in [6.45, 7) is 2.32. The highest BCUT2D eigenvalue weighted by molar-refractivity contribution is 7.89. The first kappa shape index (κ1) is 22.2. The number of para-hydroxylation sites is 2. The Hall–Kier alpha value is -2.63. The van der Waals surface area contributed by atoms with Crippen molar-refractivity contribution in [1.82, 2.24) is 9.21 Å². The van der Waals surface area contributed by atoms with Crippen LogP contribution in [0.2, 0.25) is 0 Å². The van der Waals surface area contributed by atoms with Gasteiger partial charge in [0.15, 0.2) is 0 Å². The van der Waals surface area contributed by atoms with E-state index in [1.165, 1.54) is 23.0 Å². The molecule has 176 valence electrons. The fourth-order valence-corrected chi connectivity index (χ4v) is 6.00. The zero-order valence-corrected chi connectivity index (χ0v) is 19.3. The Labute approximate surface area is 192 Å². The minimum absolute atomic E-state index is 0.0352. The molecule has 0 saturated carbocycles. The monoisotopic (exact) mass is 472 g/mol. The third-order valence-electron chi connectivity index (χ3n) is 6.59. The van der Waals surface area contributed by atoms with Gasteiger partial charge >= 0.3 is 0 Å². The number of nitrogens with one attached hydrogen (secondary N) is 2. The summed E-state index contributed by atoms with van der Waals surface area (Å²) >= 11 is 0. The van der Waals surface area contributed by atoms with Gasteiger partial charge in [-0.05, 0) is 43.0 Å². The first-order chi connectivity index (χ1) is 15.9. The lowest BCUT2D eigenvalue weighted by molar-refractivity contribution is -0.0296. The van der Waals surface area contributed by atoms with E-state index in [0.717, 1.165) is 23.9 Å². The molecule has 10 heteroatoms. The number of hydrogen-bond acceptors (Lipinski definition) is 8. The minimum atomic E-state index is -3.81. The molecule has 0 amide bonds. The molecule has 1 saturated heterocycles. The van der Waals surface area contributed by atoms with Crippen LogP contribution >= 0.6 is 0 Å². The molecule has 2 aliphatic heterocycles. The van der Waals surface area contributed by atoms with Crippen molar-refractivity contribution in [1.29, 1.82) is 0 Å². The van der Waals surface area contributed by atoms with E-state index >= 15 is 0 Å². The molecule has 2 aromatic carbocycles. The van der Waals surface area contributed by atoms with Crippen molar-refractivity contribution in [2.24, 2.45) is 0 Å². The van der Waals surface area contributed by atoms with Gasteiger partial charge in [-0.15, -0.1) is 0 Å². The number of piperidine rings is 1. The van der Waals surface area contributed by atoms with Crippen LogP contribution in [0, 0.1) is 0 Å². The Balaban J connectivity index is 1.19. The molecule has 3 aromatic rings. The van der Waals surface area contributed by atoms with Crippen molar-refractivity contribution in [3.05, 3.63) is 54.3 Å². The zero-order valence-electron chi connectivity index (χ0n) is 18.5. The highest BCUT2D eigenvalue weighted by Gasteiger charge is 2.37. The number of nitrogens with zero attached hydrogens (tertiary/aromatic N) is 2. The van der Waals surface area contributed by atoms with Gasteiger partial charge in [0.05, 0.1) is 17.6 Å². The van der Waals surface area contributed by atoms with Crippen LogP contribution in [0.5, 0.6) is 0 Å². The number of anilines is 2. The molecule has 3 N–H and O–H groups in total. The lowest BCUT2D eigenvalue weighted by Crippen LogP contribution is -2.51. The van der Waals surface area contributed by atoms with E-state index in [1.807, 2.05) is 24.5 Å². The van der Waals surface area contributed by atoms with Gasteiger partial charge in [-0.25, -0.2) is 19.4 Å². The van der Waals surface area contributed by atoms with E-state index in [1.54, 1.807) is 12.1 Å². The third-order valence-corrected chi connectivity index (χ3v) is 8.44. The SMILES string of the molecule is CN(CC1(O)CCN(CCc2coc3ccccc23)CC1)S(=O)(=O)c1cccc2c1NON2. The summed E-state index contributed by atoms with van der Waals surface area (Å²) < 4.78 is 33.2. The van der Waals surface area contributed by atoms with Gasteiger partial charge in [0.25, 0.3) is 0 Å². The zero-order chi connectivity index (χ0) is 23.1. The first-order valence-corrected chi connectivity index (χ1v) is 12.5. The normalized spacial score (nSPS) is 18.3. The fourth-order valence-electron chi connectivity index (χ4n) is 4.59. The van der Waals surface area contributed by atoms with Gasteiger partial charge in [0.1, 0.15) is 16.2 Å². The Bertz CT molecular complexity index is 1250. The molecule has 5 rings (SSSR count). The number of furan rings is 1. The summed E-state index contributed by atoms with van der Waals surface area (Å²) in [5.74, 6) is 0.